The Morgan fingerprint density at radius 2 is 1.15 bits per heavy atom. The number of carbonyl (C=O) groups excluding carboxylic acids is 2. The molecular weight excluding hydrogens is 591 g/mol. The first kappa shape index (κ1) is 29.8. The van der Waals surface area contributed by atoms with E-state index in [-0.39, 0.29) is 23.3 Å². The molecule has 8 nitrogen and oxygen atoms in total. The molecule has 0 aliphatic rings. The highest BCUT2D eigenvalue weighted by Crippen LogP contribution is 2.34. The second kappa shape index (κ2) is 13.5. The Morgan fingerprint density at radius 3 is 1.52 bits per heavy atom. The van der Waals surface area contributed by atoms with Gasteiger partial charge in [-0.15, -0.1) is 0 Å². The largest absolute Gasteiger partial charge is 0.495 e. The van der Waals surface area contributed by atoms with E-state index in [0.29, 0.717) is 54.0 Å². The second-order valence-electron chi connectivity index (χ2n) is 8.60. The molecule has 4 aromatic rings. The topological polar surface area (TPSA) is 102 Å². The Bertz CT molecular complexity index is 1470. The molecule has 208 valence electrons. The van der Waals surface area contributed by atoms with E-state index >= 15 is 0 Å². The highest BCUT2D eigenvalue weighted by Gasteiger charge is 2.17. The van der Waals surface area contributed by atoms with Crippen molar-refractivity contribution in [3.8, 4) is 11.5 Å². The lowest BCUT2D eigenvalue weighted by atomic mass is 10.2. The maximum Gasteiger partial charge on any atom is 0.234 e. The summed E-state index contributed by atoms with van der Waals surface area (Å²) in [5.74, 6) is 0.568. The molecule has 0 fully saturated rings. The molecule has 0 aliphatic heterocycles. The molecule has 0 unspecified atom stereocenters. The summed E-state index contributed by atoms with van der Waals surface area (Å²) in [7, 11) is 3.03. The van der Waals surface area contributed by atoms with Gasteiger partial charge in [-0.1, -0.05) is 58.9 Å². The number of rotatable bonds is 10. The number of ether oxygens (including phenoxy) is 2. The number of nitrogens with zero attached hydrogens (tertiary/aromatic N) is 2. The number of hydrogen-bond donors (Lipinski definition) is 2. The van der Waals surface area contributed by atoms with Crippen molar-refractivity contribution in [2.24, 2.45) is 0 Å². The van der Waals surface area contributed by atoms with Crippen molar-refractivity contribution in [1.82, 2.24) is 9.97 Å². The Labute approximate surface area is 250 Å². The molecule has 0 atom stereocenters. The predicted octanol–water partition coefficient (Wildman–Crippen LogP) is 7.03. The van der Waals surface area contributed by atoms with Crippen LogP contribution < -0.4 is 20.1 Å². The highest BCUT2D eigenvalue weighted by atomic mass is 35.5. The Hall–Kier alpha value is -3.18. The third-order valence-electron chi connectivity index (χ3n) is 5.70. The van der Waals surface area contributed by atoms with Crippen LogP contribution in [0.15, 0.2) is 58.6 Å². The van der Waals surface area contributed by atoms with Gasteiger partial charge >= 0.3 is 0 Å². The molecule has 4 rings (SSSR count). The van der Waals surface area contributed by atoms with E-state index in [9.17, 15) is 9.59 Å². The van der Waals surface area contributed by atoms with Crippen molar-refractivity contribution in [1.29, 1.82) is 0 Å². The summed E-state index contributed by atoms with van der Waals surface area (Å²) >= 11 is 14.8. The smallest absolute Gasteiger partial charge is 0.234 e. The molecule has 0 aliphatic carbocycles. The van der Waals surface area contributed by atoms with Gasteiger partial charge in [-0.2, -0.15) is 0 Å². The van der Waals surface area contributed by atoms with Gasteiger partial charge in [0.25, 0.3) is 0 Å². The summed E-state index contributed by atoms with van der Waals surface area (Å²) in [5.41, 5.74) is 4.06. The lowest BCUT2D eigenvalue weighted by Gasteiger charge is -2.13. The summed E-state index contributed by atoms with van der Waals surface area (Å²) in [6.45, 7) is 3.70. The first-order valence-electron chi connectivity index (χ1n) is 12.0. The van der Waals surface area contributed by atoms with Crippen molar-refractivity contribution < 1.29 is 19.1 Å². The van der Waals surface area contributed by atoms with Crippen LogP contribution in [0.2, 0.25) is 10.0 Å². The van der Waals surface area contributed by atoms with E-state index in [1.807, 2.05) is 38.1 Å². The van der Waals surface area contributed by atoms with Crippen LogP contribution >= 0.6 is 46.7 Å². The van der Waals surface area contributed by atoms with Gasteiger partial charge in [0.1, 0.15) is 21.6 Å². The van der Waals surface area contributed by atoms with Crippen molar-refractivity contribution in [3.63, 3.8) is 0 Å². The predicted molar refractivity (Wildman–Crippen MR) is 164 cm³/mol. The molecule has 40 heavy (non-hydrogen) atoms. The van der Waals surface area contributed by atoms with Crippen molar-refractivity contribution in [2.75, 3.05) is 36.4 Å². The van der Waals surface area contributed by atoms with E-state index in [1.165, 1.54) is 37.7 Å². The highest BCUT2D eigenvalue weighted by molar-refractivity contribution is 8.02. The zero-order valence-electron chi connectivity index (χ0n) is 22.1. The number of hydrogen-bond acceptors (Lipinski definition) is 8. The molecule has 2 amide bonds. The summed E-state index contributed by atoms with van der Waals surface area (Å²) in [6, 6.07) is 14.3. The van der Waals surface area contributed by atoms with Gasteiger partial charge in [0, 0.05) is 22.2 Å². The normalized spacial score (nSPS) is 10.8. The molecule has 2 N–H and O–H groups in total. The van der Waals surface area contributed by atoms with Crippen molar-refractivity contribution in [3.05, 3.63) is 69.7 Å². The van der Waals surface area contributed by atoms with Gasteiger partial charge in [0.05, 0.1) is 48.1 Å². The van der Waals surface area contributed by atoms with Gasteiger partial charge in [0.15, 0.2) is 0 Å². The third kappa shape index (κ3) is 7.31. The fourth-order valence-electron chi connectivity index (χ4n) is 3.66. The lowest BCUT2D eigenvalue weighted by molar-refractivity contribution is -0.114. The zero-order valence-corrected chi connectivity index (χ0v) is 25.3. The fourth-order valence-corrected chi connectivity index (χ4v) is 5.66. The molecule has 0 radical (unpaired) electrons. The molecule has 0 spiro atoms. The standard InChI is InChI=1S/C28H26Cl2N4O4S2/c1-15-9-21(23(37-3)11-17(15)29)31-25(35)13-39-27-28(34-20-8-6-5-7-19(20)33-27)40-14-26(36)32-22-10-16(2)18(30)12-24(22)38-4/h5-12H,13-14H2,1-4H3,(H,31,35)(H,32,36). The summed E-state index contributed by atoms with van der Waals surface area (Å²) in [6.07, 6.45) is 0. The number of methoxy groups -OCH3 is 2. The number of nitrogens with one attached hydrogen (secondary N) is 2. The van der Waals surface area contributed by atoms with Crippen molar-refractivity contribution >= 4 is 80.9 Å². The van der Waals surface area contributed by atoms with Crippen LogP contribution in [-0.4, -0.2) is 47.5 Å². The minimum absolute atomic E-state index is 0.0683. The number of carbonyl (C=O) groups is 2. The lowest BCUT2D eigenvalue weighted by Crippen LogP contribution is -2.16. The molecule has 1 heterocycles. The zero-order chi connectivity index (χ0) is 28.8. The van der Waals surface area contributed by atoms with Crippen LogP contribution in [0.1, 0.15) is 11.1 Å². The van der Waals surface area contributed by atoms with Crippen LogP contribution in [0.25, 0.3) is 11.0 Å². The van der Waals surface area contributed by atoms with Crippen LogP contribution in [0, 0.1) is 13.8 Å². The molecule has 0 saturated carbocycles. The molecule has 12 heteroatoms. The van der Waals surface area contributed by atoms with E-state index < -0.39 is 0 Å². The van der Waals surface area contributed by atoms with Crippen molar-refractivity contribution in [2.45, 2.75) is 23.9 Å². The van der Waals surface area contributed by atoms with Gasteiger partial charge in [0.2, 0.25) is 11.8 Å². The monoisotopic (exact) mass is 616 g/mol. The Balaban J connectivity index is 1.48. The number of halogens is 2. The van der Waals surface area contributed by atoms with Crippen LogP contribution in [-0.2, 0) is 9.59 Å². The number of aryl methyl sites for hydroxylation is 2. The number of aromatic nitrogens is 2. The number of thioether (sulfide) groups is 2. The van der Waals surface area contributed by atoms with Gasteiger partial charge in [-0.25, -0.2) is 9.97 Å². The Kier molecular flexibility index (Phi) is 10.0. The summed E-state index contributed by atoms with van der Waals surface area (Å²) in [4.78, 5) is 35.1. The fraction of sp³-hybridized carbons (Fsp3) is 0.214. The van der Waals surface area contributed by atoms with Gasteiger partial charge in [-0.3, -0.25) is 9.59 Å². The average molecular weight is 618 g/mol. The number of para-hydroxylation sites is 2. The van der Waals surface area contributed by atoms with Crippen LogP contribution in [0.3, 0.4) is 0 Å². The third-order valence-corrected chi connectivity index (χ3v) is 8.57. The summed E-state index contributed by atoms with van der Waals surface area (Å²) < 4.78 is 10.7. The Morgan fingerprint density at radius 1 is 0.750 bits per heavy atom. The molecular formula is C28H26Cl2N4O4S2. The first-order chi connectivity index (χ1) is 19.2. The number of anilines is 2. The molecule has 0 bridgehead atoms. The van der Waals surface area contributed by atoms with Gasteiger partial charge < -0.3 is 20.1 Å². The first-order valence-corrected chi connectivity index (χ1v) is 14.7. The maximum absolute atomic E-state index is 12.8. The molecule has 3 aromatic carbocycles. The van der Waals surface area contributed by atoms with Crippen LogP contribution in [0.4, 0.5) is 11.4 Å². The van der Waals surface area contributed by atoms with E-state index in [4.69, 9.17) is 42.6 Å². The number of fused-ring (bicyclic) bond motifs is 1. The quantitative estimate of drug-likeness (QED) is 0.183. The van der Waals surface area contributed by atoms with E-state index in [2.05, 4.69) is 10.6 Å². The van der Waals surface area contributed by atoms with Crippen LogP contribution in [0.5, 0.6) is 11.5 Å². The molecule has 1 aromatic heterocycles. The minimum Gasteiger partial charge on any atom is -0.495 e. The maximum atomic E-state index is 12.8. The van der Waals surface area contributed by atoms with E-state index in [1.54, 1.807) is 24.3 Å². The van der Waals surface area contributed by atoms with Gasteiger partial charge in [-0.05, 0) is 49.2 Å². The van der Waals surface area contributed by atoms with E-state index in [0.717, 1.165) is 11.1 Å². The SMILES string of the molecule is COc1cc(Cl)c(C)cc1NC(=O)CSc1nc2ccccc2nc1SCC(=O)Nc1cc(C)c(Cl)cc1OC. The average Bonchev–Trinajstić information content (AvgIpc) is 2.94. The minimum atomic E-state index is -0.251. The number of amides is 2. The summed E-state index contributed by atoms with van der Waals surface area (Å²) in [5, 5.41) is 7.93. The number of benzene rings is 3. The molecule has 0 saturated heterocycles. The second-order valence-corrected chi connectivity index (χ2v) is 11.3.